The predicted molar refractivity (Wildman–Crippen MR) is 88.6 cm³/mol. The first-order chi connectivity index (χ1) is 8.65. The van der Waals surface area contributed by atoms with Crippen LogP contribution in [0.3, 0.4) is 0 Å². The molecule has 1 aliphatic rings. The summed E-state index contributed by atoms with van der Waals surface area (Å²) in [6, 6.07) is 4.47. The van der Waals surface area contributed by atoms with E-state index in [1.807, 2.05) is 0 Å². The highest BCUT2D eigenvalue weighted by molar-refractivity contribution is 5.85. The fourth-order valence-electron chi connectivity index (χ4n) is 2.54. The van der Waals surface area contributed by atoms with Gasteiger partial charge in [-0.3, -0.25) is 0 Å². The molecule has 0 unspecified atom stereocenters. The van der Waals surface area contributed by atoms with E-state index in [4.69, 9.17) is 10.7 Å². The highest BCUT2D eigenvalue weighted by Crippen LogP contribution is 2.26. The molecular weight excluding hydrogens is 295 g/mol. The molecule has 20 heavy (non-hydrogen) atoms. The van der Waals surface area contributed by atoms with Crippen LogP contribution in [0, 0.1) is 0 Å². The lowest BCUT2D eigenvalue weighted by Gasteiger charge is -2.20. The molecule has 0 radical (unpaired) electrons. The van der Waals surface area contributed by atoms with Crippen LogP contribution in [0.5, 0.6) is 0 Å². The molecule has 3 heterocycles. The van der Waals surface area contributed by atoms with Crippen LogP contribution in [0.1, 0.15) is 31.9 Å². The molecule has 0 saturated carbocycles. The number of anilines is 1. The number of halogens is 2. The van der Waals surface area contributed by atoms with Gasteiger partial charge < -0.3 is 15.0 Å². The average molecular weight is 317 g/mol. The molecule has 6 heteroatoms. The SMILES string of the molecule is CC(C)c1cn2cccc2c(N2CC[C@H](N)C2)n1.Cl.Cl. The molecule has 0 spiro atoms. The van der Waals surface area contributed by atoms with Crippen LogP contribution in [-0.4, -0.2) is 28.5 Å². The van der Waals surface area contributed by atoms with Crippen molar-refractivity contribution in [2.75, 3.05) is 18.0 Å². The Hall–Kier alpha value is -0.970. The quantitative estimate of drug-likeness (QED) is 0.926. The summed E-state index contributed by atoms with van der Waals surface area (Å²) < 4.78 is 2.17. The van der Waals surface area contributed by atoms with E-state index in [2.05, 4.69) is 47.7 Å². The number of rotatable bonds is 2. The topological polar surface area (TPSA) is 46.6 Å². The van der Waals surface area contributed by atoms with Gasteiger partial charge in [0, 0.05) is 31.5 Å². The Kier molecular flexibility index (Phi) is 5.68. The molecular formula is C14H22Cl2N4. The molecule has 0 aliphatic carbocycles. The van der Waals surface area contributed by atoms with E-state index < -0.39 is 0 Å². The van der Waals surface area contributed by atoms with Crippen molar-refractivity contribution >= 4 is 36.1 Å². The van der Waals surface area contributed by atoms with Crippen molar-refractivity contribution in [3.05, 3.63) is 30.2 Å². The maximum Gasteiger partial charge on any atom is 0.153 e. The average Bonchev–Trinajstić information content (AvgIpc) is 2.95. The van der Waals surface area contributed by atoms with Gasteiger partial charge >= 0.3 is 0 Å². The molecule has 0 aromatic carbocycles. The van der Waals surface area contributed by atoms with Gasteiger partial charge in [-0.15, -0.1) is 24.8 Å². The highest BCUT2D eigenvalue weighted by Gasteiger charge is 2.23. The van der Waals surface area contributed by atoms with Gasteiger partial charge in [0.15, 0.2) is 5.82 Å². The second kappa shape index (κ2) is 6.66. The zero-order valence-electron chi connectivity index (χ0n) is 11.8. The van der Waals surface area contributed by atoms with E-state index in [9.17, 15) is 0 Å². The van der Waals surface area contributed by atoms with Crippen LogP contribution in [0.4, 0.5) is 5.82 Å². The van der Waals surface area contributed by atoms with Crippen LogP contribution >= 0.6 is 24.8 Å². The van der Waals surface area contributed by atoms with E-state index in [-0.39, 0.29) is 30.9 Å². The van der Waals surface area contributed by atoms with Crippen LogP contribution in [0.25, 0.3) is 5.52 Å². The highest BCUT2D eigenvalue weighted by atomic mass is 35.5. The largest absolute Gasteiger partial charge is 0.353 e. The van der Waals surface area contributed by atoms with E-state index >= 15 is 0 Å². The van der Waals surface area contributed by atoms with Crippen molar-refractivity contribution < 1.29 is 0 Å². The summed E-state index contributed by atoms with van der Waals surface area (Å²) in [5.41, 5.74) is 8.31. The molecule has 2 aromatic rings. The van der Waals surface area contributed by atoms with Gasteiger partial charge in [-0.2, -0.15) is 0 Å². The molecule has 2 N–H and O–H groups in total. The standard InChI is InChI=1S/C14H20N4.2ClH/c1-10(2)12-9-17-6-3-4-13(17)14(16-12)18-7-5-11(15)8-18;;/h3-4,6,9-11H,5,7-8,15H2,1-2H3;2*1H/t11-;;/m0../s1. The maximum absolute atomic E-state index is 6.00. The second-order valence-corrected chi connectivity index (χ2v) is 5.44. The lowest BCUT2D eigenvalue weighted by atomic mass is 10.1. The predicted octanol–water partition coefficient (Wildman–Crippen LogP) is 2.84. The first kappa shape index (κ1) is 17.1. The smallest absolute Gasteiger partial charge is 0.153 e. The minimum Gasteiger partial charge on any atom is -0.353 e. The molecule has 112 valence electrons. The number of aromatic nitrogens is 2. The monoisotopic (exact) mass is 316 g/mol. The van der Waals surface area contributed by atoms with E-state index in [0.29, 0.717) is 5.92 Å². The van der Waals surface area contributed by atoms with Crippen molar-refractivity contribution in [2.45, 2.75) is 32.2 Å². The van der Waals surface area contributed by atoms with Crippen molar-refractivity contribution in [3.8, 4) is 0 Å². The number of fused-ring (bicyclic) bond motifs is 1. The fourth-order valence-corrected chi connectivity index (χ4v) is 2.54. The first-order valence-corrected chi connectivity index (χ1v) is 6.63. The minimum absolute atomic E-state index is 0. The summed E-state index contributed by atoms with van der Waals surface area (Å²) in [4.78, 5) is 7.15. The van der Waals surface area contributed by atoms with Crippen LogP contribution < -0.4 is 10.6 Å². The molecule has 2 aromatic heterocycles. The van der Waals surface area contributed by atoms with Gasteiger partial charge in [-0.05, 0) is 24.5 Å². The lowest BCUT2D eigenvalue weighted by Crippen LogP contribution is -2.27. The Labute approximate surface area is 132 Å². The number of nitrogens with zero attached hydrogens (tertiary/aromatic N) is 3. The van der Waals surface area contributed by atoms with Crippen LogP contribution in [0.15, 0.2) is 24.5 Å². The minimum atomic E-state index is 0. The molecule has 1 fully saturated rings. The van der Waals surface area contributed by atoms with Crippen molar-refractivity contribution in [1.82, 2.24) is 9.38 Å². The first-order valence-electron chi connectivity index (χ1n) is 6.63. The normalized spacial score (nSPS) is 18.2. The molecule has 1 aliphatic heterocycles. The molecule has 3 rings (SSSR count). The summed E-state index contributed by atoms with van der Waals surface area (Å²) >= 11 is 0. The van der Waals surface area contributed by atoms with Gasteiger partial charge in [0.2, 0.25) is 0 Å². The van der Waals surface area contributed by atoms with Crippen LogP contribution in [-0.2, 0) is 0 Å². The third-order valence-electron chi connectivity index (χ3n) is 3.63. The molecule has 0 bridgehead atoms. The van der Waals surface area contributed by atoms with Crippen LogP contribution in [0.2, 0.25) is 0 Å². The van der Waals surface area contributed by atoms with Gasteiger partial charge in [0.25, 0.3) is 0 Å². The summed E-state index contributed by atoms with van der Waals surface area (Å²) in [7, 11) is 0. The molecule has 1 atom stereocenters. The van der Waals surface area contributed by atoms with E-state index in [1.54, 1.807) is 0 Å². The molecule has 4 nitrogen and oxygen atoms in total. The Morgan fingerprint density at radius 3 is 2.70 bits per heavy atom. The third kappa shape index (κ3) is 3.03. The molecule has 1 saturated heterocycles. The maximum atomic E-state index is 6.00. The zero-order valence-corrected chi connectivity index (χ0v) is 13.5. The van der Waals surface area contributed by atoms with Gasteiger partial charge in [0.05, 0.1) is 11.2 Å². The van der Waals surface area contributed by atoms with Crippen molar-refractivity contribution in [2.24, 2.45) is 5.73 Å². The Bertz CT molecular complexity index is 567. The Morgan fingerprint density at radius 1 is 1.35 bits per heavy atom. The zero-order chi connectivity index (χ0) is 12.7. The fraction of sp³-hybridized carbons (Fsp3) is 0.500. The number of nitrogens with two attached hydrogens (primary N) is 1. The van der Waals surface area contributed by atoms with E-state index in [0.717, 1.165) is 31.0 Å². The third-order valence-corrected chi connectivity index (χ3v) is 3.63. The number of hydrogen-bond donors (Lipinski definition) is 1. The Balaban J connectivity index is 0.000001000. The summed E-state index contributed by atoms with van der Waals surface area (Å²) in [5, 5.41) is 0. The van der Waals surface area contributed by atoms with Gasteiger partial charge in [-0.1, -0.05) is 13.8 Å². The second-order valence-electron chi connectivity index (χ2n) is 5.44. The molecule has 0 amide bonds. The lowest BCUT2D eigenvalue weighted by molar-refractivity contribution is 0.750. The summed E-state index contributed by atoms with van der Waals surface area (Å²) in [6.45, 7) is 6.28. The van der Waals surface area contributed by atoms with Gasteiger partial charge in [-0.25, -0.2) is 4.98 Å². The summed E-state index contributed by atoms with van der Waals surface area (Å²) in [6.07, 6.45) is 5.27. The Morgan fingerprint density at radius 2 is 2.10 bits per heavy atom. The summed E-state index contributed by atoms with van der Waals surface area (Å²) in [5.74, 6) is 1.52. The number of hydrogen-bond acceptors (Lipinski definition) is 3. The van der Waals surface area contributed by atoms with Crippen molar-refractivity contribution in [1.29, 1.82) is 0 Å². The van der Waals surface area contributed by atoms with Crippen molar-refractivity contribution in [3.63, 3.8) is 0 Å². The van der Waals surface area contributed by atoms with Gasteiger partial charge in [0.1, 0.15) is 0 Å². The van der Waals surface area contributed by atoms with E-state index in [1.165, 1.54) is 5.52 Å².